The Labute approximate surface area is 111 Å². The zero-order chi connectivity index (χ0) is 14.0. The van der Waals surface area contributed by atoms with E-state index in [2.05, 4.69) is 13.8 Å². The number of nitrogens with one attached hydrogen (secondary N) is 1. The molecule has 2 aromatic rings. The lowest BCUT2D eigenvalue weighted by Crippen LogP contribution is -2.17. The molecule has 2 rings (SSSR count). The predicted octanol–water partition coefficient (Wildman–Crippen LogP) is 3.45. The van der Waals surface area contributed by atoms with E-state index < -0.39 is 11.9 Å². The van der Waals surface area contributed by atoms with Crippen molar-refractivity contribution in [1.29, 1.82) is 5.41 Å². The van der Waals surface area contributed by atoms with Gasteiger partial charge in [-0.25, -0.2) is 0 Å². The molecule has 0 saturated carbocycles. The summed E-state index contributed by atoms with van der Waals surface area (Å²) in [5.41, 5.74) is 1.64. The number of carboxylic acid groups (broad SMARTS) is 1. The molecule has 0 saturated heterocycles. The van der Waals surface area contributed by atoms with Crippen LogP contribution in [0.4, 0.5) is 0 Å². The van der Waals surface area contributed by atoms with Crippen LogP contribution in [0.25, 0.3) is 11.0 Å². The van der Waals surface area contributed by atoms with Crippen molar-refractivity contribution < 1.29 is 14.3 Å². The third-order valence-electron chi connectivity index (χ3n) is 3.15. The van der Waals surface area contributed by atoms with Gasteiger partial charge in [-0.05, 0) is 24.1 Å². The zero-order valence-electron chi connectivity index (χ0n) is 11.0. The largest absolute Gasteiger partial charge is 0.481 e. The van der Waals surface area contributed by atoms with Crippen LogP contribution < -0.4 is 0 Å². The van der Waals surface area contributed by atoms with Crippen LogP contribution in [0.5, 0.6) is 0 Å². The fourth-order valence-corrected chi connectivity index (χ4v) is 1.98. The summed E-state index contributed by atoms with van der Waals surface area (Å²) in [7, 11) is 0. The second-order valence-corrected chi connectivity index (χ2v) is 4.99. The number of benzene rings is 1. The van der Waals surface area contributed by atoms with Gasteiger partial charge in [0.25, 0.3) is 0 Å². The number of carbonyl (C=O) groups is 1. The fraction of sp³-hybridized carbons (Fsp3) is 0.333. The summed E-state index contributed by atoms with van der Waals surface area (Å²) in [4.78, 5) is 10.9. The van der Waals surface area contributed by atoms with Crippen molar-refractivity contribution in [3.63, 3.8) is 0 Å². The summed E-state index contributed by atoms with van der Waals surface area (Å²) in [6, 6.07) is 7.69. The summed E-state index contributed by atoms with van der Waals surface area (Å²) in [5, 5.41) is 17.1. The first kappa shape index (κ1) is 13.3. The molecule has 0 fully saturated rings. The Morgan fingerprint density at radius 1 is 1.42 bits per heavy atom. The first-order chi connectivity index (χ1) is 9.01. The molecule has 4 nitrogen and oxygen atoms in total. The van der Waals surface area contributed by atoms with Crippen molar-refractivity contribution in [3.8, 4) is 0 Å². The van der Waals surface area contributed by atoms with Gasteiger partial charge in [-0.1, -0.05) is 26.0 Å². The second kappa shape index (κ2) is 5.26. The minimum Gasteiger partial charge on any atom is -0.481 e. The van der Waals surface area contributed by atoms with Crippen LogP contribution in [0, 0.1) is 11.3 Å². The van der Waals surface area contributed by atoms with E-state index >= 15 is 0 Å². The van der Waals surface area contributed by atoms with Gasteiger partial charge >= 0.3 is 5.97 Å². The Kier molecular flexibility index (Phi) is 3.69. The monoisotopic (exact) mass is 259 g/mol. The molecule has 0 aliphatic heterocycles. The Morgan fingerprint density at radius 2 is 2.16 bits per heavy atom. The van der Waals surface area contributed by atoms with Gasteiger partial charge in [0.05, 0.1) is 5.92 Å². The molecule has 1 aromatic carbocycles. The maximum Gasteiger partial charge on any atom is 0.312 e. The molecule has 0 aliphatic carbocycles. The zero-order valence-corrected chi connectivity index (χ0v) is 11.0. The van der Waals surface area contributed by atoms with Crippen molar-refractivity contribution in [1.82, 2.24) is 0 Å². The van der Waals surface area contributed by atoms with Gasteiger partial charge in [-0.3, -0.25) is 4.79 Å². The number of furan rings is 1. The van der Waals surface area contributed by atoms with E-state index in [0.717, 1.165) is 28.5 Å². The Morgan fingerprint density at radius 3 is 2.74 bits per heavy atom. The van der Waals surface area contributed by atoms with E-state index in [-0.39, 0.29) is 0 Å². The molecular formula is C15H17NO3. The third kappa shape index (κ3) is 2.84. The number of fused-ring (bicyclic) bond motifs is 1. The van der Waals surface area contributed by atoms with E-state index in [9.17, 15) is 4.79 Å². The van der Waals surface area contributed by atoms with E-state index in [0.29, 0.717) is 12.3 Å². The van der Waals surface area contributed by atoms with Crippen LogP contribution in [0.3, 0.4) is 0 Å². The molecule has 2 N–H and O–H groups in total. The van der Waals surface area contributed by atoms with Crippen LogP contribution in [0.1, 0.15) is 31.1 Å². The van der Waals surface area contributed by atoms with Gasteiger partial charge in [0.2, 0.25) is 0 Å². The van der Waals surface area contributed by atoms with Crippen molar-refractivity contribution in [2.75, 3.05) is 0 Å². The van der Waals surface area contributed by atoms with Gasteiger partial charge in [-0.15, -0.1) is 0 Å². The average molecular weight is 259 g/mol. The van der Waals surface area contributed by atoms with Crippen LogP contribution in [-0.2, 0) is 11.2 Å². The van der Waals surface area contributed by atoms with Crippen LogP contribution >= 0.6 is 0 Å². The summed E-state index contributed by atoms with van der Waals surface area (Å²) in [6.07, 6.45) is 1.28. The van der Waals surface area contributed by atoms with E-state index in [1.165, 1.54) is 0 Å². The SMILES string of the molecule is CC(C)c1cc2ccc(CC(C=N)C(=O)O)cc2o1. The first-order valence-electron chi connectivity index (χ1n) is 6.27. The number of carboxylic acids is 1. The molecular weight excluding hydrogens is 242 g/mol. The molecule has 1 atom stereocenters. The first-order valence-corrected chi connectivity index (χ1v) is 6.27. The third-order valence-corrected chi connectivity index (χ3v) is 3.15. The van der Waals surface area contributed by atoms with Gasteiger partial charge in [0.15, 0.2) is 0 Å². The maximum atomic E-state index is 10.9. The highest BCUT2D eigenvalue weighted by molar-refractivity contribution is 5.88. The lowest BCUT2D eigenvalue weighted by molar-refractivity contribution is -0.139. The molecule has 100 valence electrons. The number of hydrogen-bond donors (Lipinski definition) is 2. The number of hydrogen-bond acceptors (Lipinski definition) is 3. The summed E-state index contributed by atoms with van der Waals surface area (Å²) in [6.45, 7) is 4.13. The topological polar surface area (TPSA) is 74.3 Å². The Balaban J connectivity index is 2.30. The normalized spacial score (nSPS) is 12.8. The summed E-state index contributed by atoms with van der Waals surface area (Å²) in [5.74, 6) is -0.507. The average Bonchev–Trinajstić information content (AvgIpc) is 2.78. The summed E-state index contributed by atoms with van der Waals surface area (Å²) >= 11 is 0. The van der Waals surface area contributed by atoms with Crippen molar-refractivity contribution >= 4 is 23.2 Å². The molecule has 19 heavy (non-hydrogen) atoms. The Hall–Kier alpha value is -2.10. The quantitative estimate of drug-likeness (QED) is 0.807. The van der Waals surface area contributed by atoms with Crippen LogP contribution in [0.15, 0.2) is 28.7 Å². The smallest absolute Gasteiger partial charge is 0.312 e. The minimum absolute atomic E-state index is 0.312. The lowest BCUT2D eigenvalue weighted by Gasteiger charge is -2.05. The van der Waals surface area contributed by atoms with Crippen molar-refractivity contribution in [2.45, 2.75) is 26.2 Å². The molecule has 4 heteroatoms. The number of aliphatic carboxylic acids is 1. The molecule has 0 aliphatic rings. The minimum atomic E-state index is -0.975. The van der Waals surface area contributed by atoms with E-state index in [1.807, 2.05) is 24.3 Å². The fourth-order valence-electron chi connectivity index (χ4n) is 1.98. The molecule has 1 aromatic heterocycles. The molecule has 1 unspecified atom stereocenters. The summed E-state index contributed by atoms with van der Waals surface area (Å²) < 4.78 is 5.74. The van der Waals surface area contributed by atoms with E-state index in [4.69, 9.17) is 14.9 Å². The molecule has 1 heterocycles. The van der Waals surface area contributed by atoms with Crippen LogP contribution in [-0.4, -0.2) is 17.3 Å². The standard InChI is InChI=1S/C15H17NO3/c1-9(2)13-7-11-4-3-10(6-14(11)19-13)5-12(8-16)15(17)18/h3-4,6-9,12,16H,5H2,1-2H3,(H,17,18). The van der Waals surface area contributed by atoms with Crippen molar-refractivity contribution in [3.05, 3.63) is 35.6 Å². The molecule has 0 spiro atoms. The van der Waals surface area contributed by atoms with Crippen LogP contribution in [0.2, 0.25) is 0 Å². The molecule has 0 bridgehead atoms. The van der Waals surface area contributed by atoms with Gasteiger partial charge in [0, 0.05) is 17.5 Å². The highest BCUT2D eigenvalue weighted by Crippen LogP contribution is 2.26. The van der Waals surface area contributed by atoms with Gasteiger partial charge < -0.3 is 14.9 Å². The second-order valence-electron chi connectivity index (χ2n) is 4.99. The van der Waals surface area contributed by atoms with E-state index in [1.54, 1.807) is 0 Å². The van der Waals surface area contributed by atoms with Crippen molar-refractivity contribution in [2.24, 2.45) is 5.92 Å². The molecule has 0 amide bonds. The molecule has 0 radical (unpaired) electrons. The predicted molar refractivity (Wildman–Crippen MR) is 73.9 cm³/mol. The Bertz CT molecular complexity index is 613. The lowest BCUT2D eigenvalue weighted by atomic mass is 10.00. The highest BCUT2D eigenvalue weighted by atomic mass is 16.4. The highest BCUT2D eigenvalue weighted by Gasteiger charge is 2.16. The maximum absolute atomic E-state index is 10.9. The van der Waals surface area contributed by atoms with Gasteiger partial charge in [-0.2, -0.15) is 0 Å². The van der Waals surface area contributed by atoms with Gasteiger partial charge in [0.1, 0.15) is 11.3 Å². The number of rotatable bonds is 5.